The van der Waals surface area contributed by atoms with Crippen LogP contribution in [0.2, 0.25) is 0 Å². The van der Waals surface area contributed by atoms with Crippen LogP contribution < -0.4 is 10.1 Å². The van der Waals surface area contributed by atoms with Crippen LogP contribution in [0.15, 0.2) is 42.5 Å². The number of carbonyl (C=O) groups excluding carboxylic acids is 2. The summed E-state index contributed by atoms with van der Waals surface area (Å²) in [6.07, 6.45) is 0.124. The van der Waals surface area contributed by atoms with Crippen LogP contribution >= 0.6 is 0 Å². The average molecular weight is 331 g/mol. The number of nitrogens with one attached hydrogen (secondary N) is 1. The molecule has 1 amide bonds. The number of methoxy groups -OCH3 is 1. The number of rotatable bonds is 6. The van der Waals surface area contributed by atoms with Gasteiger partial charge in [0.15, 0.2) is 0 Å². The number of anilines is 1. The van der Waals surface area contributed by atoms with Crippen molar-refractivity contribution in [3.63, 3.8) is 0 Å². The summed E-state index contributed by atoms with van der Waals surface area (Å²) in [5, 5.41) is 2.74. The quantitative estimate of drug-likeness (QED) is 0.825. The molecule has 0 spiro atoms. The van der Waals surface area contributed by atoms with Crippen LogP contribution in [0.25, 0.3) is 0 Å². The molecule has 0 fully saturated rings. The van der Waals surface area contributed by atoms with Gasteiger partial charge >= 0.3 is 5.97 Å². The molecular formula is C18H18FNO4. The summed E-state index contributed by atoms with van der Waals surface area (Å²) in [7, 11) is 1.30. The van der Waals surface area contributed by atoms with Crippen molar-refractivity contribution in [3.05, 3.63) is 59.4 Å². The molecule has 6 heteroatoms. The second-order valence-electron chi connectivity index (χ2n) is 5.12. The Balaban J connectivity index is 1.90. The Hall–Kier alpha value is -2.89. The van der Waals surface area contributed by atoms with Crippen LogP contribution in [0.1, 0.15) is 22.3 Å². The number of benzene rings is 2. The summed E-state index contributed by atoms with van der Waals surface area (Å²) in [6, 6.07) is 10.5. The molecule has 5 nitrogen and oxygen atoms in total. The second kappa shape index (κ2) is 8.10. The minimum Gasteiger partial charge on any atom is -0.493 e. The minimum atomic E-state index is -0.467. The fraction of sp³-hybridized carbons (Fsp3) is 0.222. The normalized spacial score (nSPS) is 10.1. The maximum absolute atomic E-state index is 12.8. The monoisotopic (exact) mass is 331 g/mol. The van der Waals surface area contributed by atoms with Crippen molar-refractivity contribution in [1.29, 1.82) is 0 Å². The highest BCUT2D eigenvalue weighted by molar-refractivity contribution is 5.95. The zero-order valence-corrected chi connectivity index (χ0v) is 13.5. The number of hydrogen-bond acceptors (Lipinski definition) is 4. The Morgan fingerprint density at radius 1 is 1.12 bits per heavy atom. The number of aryl methyl sites for hydroxylation is 1. The molecule has 0 bridgehead atoms. The van der Waals surface area contributed by atoms with E-state index in [2.05, 4.69) is 10.1 Å². The summed E-state index contributed by atoms with van der Waals surface area (Å²) in [4.78, 5) is 23.5. The molecule has 2 aromatic carbocycles. The van der Waals surface area contributed by atoms with Gasteiger partial charge in [0.05, 0.1) is 25.7 Å². The Morgan fingerprint density at radius 2 is 1.83 bits per heavy atom. The summed E-state index contributed by atoms with van der Waals surface area (Å²) in [5.41, 5.74) is 1.74. The first-order valence-electron chi connectivity index (χ1n) is 7.37. The molecule has 0 radical (unpaired) electrons. The van der Waals surface area contributed by atoms with E-state index in [9.17, 15) is 14.0 Å². The lowest BCUT2D eigenvalue weighted by Crippen LogP contribution is -2.16. The third kappa shape index (κ3) is 4.81. The van der Waals surface area contributed by atoms with Crippen molar-refractivity contribution < 1.29 is 23.5 Å². The topological polar surface area (TPSA) is 64.6 Å². The van der Waals surface area contributed by atoms with Crippen molar-refractivity contribution in [2.75, 3.05) is 19.0 Å². The summed E-state index contributed by atoms with van der Waals surface area (Å²) in [5.74, 6) is -0.568. The van der Waals surface area contributed by atoms with Gasteiger partial charge in [0.25, 0.3) is 0 Å². The van der Waals surface area contributed by atoms with Crippen LogP contribution in [0.5, 0.6) is 5.75 Å². The largest absolute Gasteiger partial charge is 0.493 e. The Kier molecular flexibility index (Phi) is 5.89. The number of esters is 1. The van der Waals surface area contributed by atoms with Gasteiger partial charge in [-0.15, -0.1) is 0 Å². The van der Waals surface area contributed by atoms with E-state index in [1.165, 1.54) is 31.4 Å². The summed E-state index contributed by atoms with van der Waals surface area (Å²) >= 11 is 0. The van der Waals surface area contributed by atoms with Crippen molar-refractivity contribution in [1.82, 2.24) is 0 Å². The van der Waals surface area contributed by atoms with Gasteiger partial charge in [0, 0.05) is 5.69 Å². The zero-order chi connectivity index (χ0) is 17.5. The highest BCUT2D eigenvalue weighted by atomic mass is 19.1. The Morgan fingerprint density at radius 3 is 2.50 bits per heavy atom. The summed E-state index contributed by atoms with van der Waals surface area (Å²) < 4.78 is 22.8. The average Bonchev–Trinajstić information content (AvgIpc) is 2.58. The predicted molar refractivity (Wildman–Crippen MR) is 87.7 cm³/mol. The lowest BCUT2D eigenvalue weighted by Gasteiger charge is -2.10. The molecule has 0 aliphatic carbocycles. The van der Waals surface area contributed by atoms with Gasteiger partial charge in [-0.2, -0.15) is 0 Å². The van der Waals surface area contributed by atoms with E-state index in [4.69, 9.17) is 4.74 Å². The molecule has 2 rings (SSSR count). The van der Waals surface area contributed by atoms with E-state index in [0.717, 1.165) is 5.56 Å². The molecule has 0 unspecified atom stereocenters. The third-order valence-electron chi connectivity index (χ3n) is 3.34. The molecule has 0 aliphatic rings. The van der Waals surface area contributed by atoms with Crippen LogP contribution in [-0.2, 0) is 9.53 Å². The van der Waals surface area contributed by atoms with Crippen LogP contribution in [0, 0.1) is 12.7 Å². The smallest absolute Gasteiger partial charge is 0.337 e. The maximum atomic E-state index is 12.8. The van der Waals surface area contributed by atoms with Gasteiger partial charge in [0.2, 0.25) is 5.91 Å². The SMILES string of the molecule is COC(=O)c1ccc(C)c(NC(=O)CCOc2ccc(F)cc2)c1. The lowest BCUT2D eigenvalue weighted by atomic mass is 10.1. The van der Waals surface area contributed by atoms with Crippen LogP contribution in [0.3, 0.4) is 0 Å². The fourth-order valence-electron chi connectivity index (χ4n) is 2.01. The first-order chi connectivity index (χ1) is 11.5. The Bertz CT molecular complexity index is 728. The molecule has 1 N–H and O–H groups in total. The molecule has 126 valence electrons. The van der Waals surface area contributed by atoms with E-state index < -0.39 is 5.97 Å². The van der Waals surface area contributed by atoms with Gasteiger partial charge < -0.3 is 14.8 Å². The number of ether oxygens (including phenoxy) is 2. The van der Waals surface area contributed by atoms with Crippen molar-refractivity contribution in [3.8, 4) is 5.75 Å². The highest BCUT2D eigenvalue weighted by Crippen LogP contribution is 2.18. The summed E-state index contributed by atoms with van der Waals surface area (Å²) in [6.45, 7) is 1.99. The van der Waals surface area contributed by atoms with Gasteiger partial charge in [-0.25, -0.2) is 9.18 Å². The van der Waals surface area contributed by atoms with Gasteiger partial charge in [-0.1, -0.05) is 6.07 Å². The highest BCUT2D eigenvalue weighted by Gasteiger charge is 2.10. The van der Waals surface area contributed by atoms with Crippen LogP contribution in [0.4, 0.5) is 10.1 Å². The minimum absolute atomic E-state index is 0.124. The van der Waals surface area contributed by atoms with E-state index in [0.29, 0.717) is 17.0 Å². The van der Waals surface area contributed by atoms with Crippen molar-refractivity contribution in [2.24, 2.45) is 0 Å². The lowest BCUT2D eigenvalue weighted by molar-refractivity contribution is -0.116. The van der Waals surface area contributed by atoms with Gasteiger partial charge in [-0.3, -0.25) is 4.79 Å². The molecule has 0 aromatic heterocycles. The predicted octanol–water partition coefficient (Wildman–Crippen LogP) is 3.33. The maximum Gasteiger partial charge on any atom is 0.337 e. The second-order valence-corrected chi connectivity index (χ2v) is 5.12. The van der Waals surface area contributed by atoms with E-state index in [1.807, 2.05) is 6.92 Å². The number of hydrogen-bond donors (Lipinski definition) is 1. The molecule has 0 saturated carbocycles. The zero-order valence-electron chi connectivity index (χ0n) is 13.5. The molecular weight excluding hydrogens is 313 g/mol. The number of halogens is 1. The van der Waals surface area contributed by atoms with Gasteiger partial charge in [0.1, 0.15) is 11.6 Å². The Labute approximate surface area is 139 Å². The molecule has 0 heterocycles. The fourth-order valence-corrected chi connectivity index (χ4v) is 2.01. The molecule has 0 aliphatic heterocycles. The number of amides is 1. The molecule has 2 aromatic rings. The van der Waals surface area contributed by atoms with Gasteiger partial charge in [-0.05, 0) is 48.9 Å². The van der Waals surface area contributed by atoms with E-state index in [1.54, 1.807) is 18.2 Å². The van der Waals surface area contributed by atoms with E-state index >= 15 is 0 Å². The standard InChI is InChI=1S/C18H18FNO4/c1-12-3-4-13(18(22)23-2)11-16(12)20-17(21)9-10-24-15-7-5-14(19)6-8-15/h3-8,11H,9-10H2,1-2H3,(H,20,21). The third-order valence-corrected chi connectivity index (χ3v) is 3.34. The molecule has 0 atom stereocenters. The van der Waals surface area contributed by atoms with Crippen LogP contribution in [-0.4, -0.2) is 25.6 Å². The first-order valence-corrected chi connectivity index (χ1v) is 7.37. The van der Waals surface area contributed by atoms with Crippen molar-refractivity contribution >= 4 is 17.6 Å². The van der Waals surface area contributed by atoms with E-state index in [-0.39, 0.29) is 24.8 Å². The molecule has 0 saturated heterocycles. The van der Waals surface area contributed by atoms with Crippen molar-refractivity contribution in [2.45, 2.75) is 13.3 Å². The number of carbonyl (C=O) groups is 2. The molecule has 24 heavy (non-hydrogen) atoms. The first kappa shape index (κ1) is 17.5.